The number of hydrogen-bond acceptors (Lipinski definition) is 4. The van der Waals surface area contributed by atoms with Crippen LogP contribution in [0.3, 0.4) is 0 Å². The average molecular weight is 297 g/mol. The van der Waals surface area contributed by atoms with E-state index < -0.39 is 34.2 Å². The summed E-state index contributed by atoms with van der Waals surface area (Å²) >= 11 is 0. The Bertz CT molecular complexity index is 530. The zero-order valence-electron chi connectivity index (χ0n) is 12.4. The molecule has 0 spiro atoms. The molecular formula is C14H19NO6. The molecular weight excluding hydrogens is 278 g/mol. The van der Waals surface area contributed by atoms with E-state index in [2.05, 4.69) is 0 Å². The maximum absolute atomic E-state index is 11.8. The van der Waals surface area contributed by atoms with Crippen molar-refractivity contribution in [2.45, 2.75) is 33.2 Å². The molecule has 0 aromatic rings. The van der Waals surface area contributed by atoms with Gasteiger partial charge in [0.15, 0.2) is 0 Å². The predicted octanol–water partition coefficient (Wildman–Crippen LogP) is 1.97. The number of carbonyl (C=O) groups is 2. The second-order valence-electron chi connectivity index (χ2n) is 5.75. The first kappa shape index (κ1) is 16.9. The molecule has 1 rings (SSSR count). The smallest absolute Gasteiger partial charge is 0.387 e. The van der Waals surface area contributed by atoms with Crippen molar-refractivity contribution in [3.8, 4) is 0 Å². The zero-order chi connectivity index (χ0) is 16.5. The Kier molecular flexibility index (Phi) is 4.56. The van der Waals surface area contributed by atoms with Gasteiger partial charge in [-0.3, -0.25) is 10.1 Å². The van der Waals surface area contributed by atoms with Gasteiger partial charge in [0, 0.05) is 16.1 Å². The lowest BCUT2D eigenvalue weighted by atomic mass is 9.64. The van der Waals surface area contributed by atoms with Crippen LogP contribution in [0.4, 0.5) is 0 Å². The number of allylic oxidation sites excluding steroid dienone is 2. The van der Waals surface area contributed by atoms with Crippen LogP contribution in [0.15, 0.2) is 23.3 Å². The SMILES string of the molecule is CC(C)C1=CC=C(C(=O)O)C(C(C)C)C1(C(=O)O)[N+](=O)[O-]. The van der Waals surface area contributed by atoms with E-state index in [4.69, 9.17) is 0 Å². The van der Waals surface area contributed by atoms with E-state index in [1.165, 1.54) is 12.2 Å². The molecule has 0 saturated carbocycles. The van der Waals surface area contributed by atoms with E-state index in [-0.39, 0.29) is 17.1 Å². The molecule has 2 N–H and O–H groups in total. The van der Waals surface area contributed by atoms with Gasteiger partial charge in [0.2, 0.25) is 0 Å². The van der Waals surface area contributed by atoms with Gasteiger partial charge in [0.1, 0.15) is 0 Å². The minimum Gasteiger partial charge on any atom is -0.478 e. The number of rotatable bonds is 5. The zero-order valence-corrected chi connectivity index (χ0v) is 12.4. The van der Waals surface area contributed by atoms with Crippen molar-refractivity contribution in [3.63, 3.8) is 0 Å². The van der Waals surface area contributed by atoms with Crippen LogP contribution >= 0.6 is 0 Å². The number of aliphatic carboxylic acids is 2. The summed E-state index contributed by atoms with van der Waals surface area (Å²) in [6, 6.07) is 0. The van der Waals surface area contributed by atoms with Crippen molar-refractivity contribution < 1.29 is 24.7 Å². The monoisotopic (exact) mass is 297 g/mol. The van der Waals surface area contributed by atoms with Gasteiger partial charge in [-0.05, 0) is 11.8 Å². The molecule has 7 heteroatoms. The van der Waals surface area contributed by atoms with Gasteiger partial charge in [0.05, 0.1) is 5.92 Å². The van der Waals surface area contributed by atoms with Crippen LogP contribution in [0.25, 0.3) is 0 Å². The molecule has 0 amide bonds. The number of hydrogen-bond donors (Lipinski definition) is 2. The highest BCUT2D eigenvalue weighted by atomic mass is 16.6. The summed E-state index contributed by atoms with van der Waals surface area (Å²) in [5.41, 5.74) is -2.57. The molecule has 1 aliphatic rings. The van der Waals surface area contributed by atoms with Gasteiger partial charge < -0.3 is 10.2 Å². The van der Waals surface area contributed by atoms with Crippen LogP contribution in [0.1, 0.15) is 27.7 Å². The highest BCUT2D eigenvalue weighted by Crippen LogP contribution is 2.45. The Balaban J connectivity index is 3.77. The summed E-state index contributed by atoms with van der Waals surface area (Å²) in [6.45, 7) is 6.49. The fourth-order valence-electron chi connectivity index (χ4n) is 3.05. The van der Waals surface area contributed by atoms with E-state index >= 15 is 0 Å². The fraction of sp³-hybridized carbons (Fsp3) is 0.571. The quantitative estimate of drug-likeness (QED) is 0.591. The highest BCUT2D eigenvalue weighted by molar-refractivity contribution is 5.93. The van der Waals surface area contributed by atoms with Crippen LogP contribution in [-0.4, -0.2) is 32.6 Å². The Morgan fingerprint density at radius 1 is 1.24 bits per heavy atom. The Morgan fingerprint density at radius 2 is 1.76 bits per heavy atom. The molecule has 0 heterocycles. The summed E-state index contributed by atoms with van der Waals surface area (Å²) in [4.78, 5) is 34.0. The van der Waals surface area contributed by atoms with Crippen molar-refractivity contribution in [3.05, 3.63) is 33.4 Å². The summed E-state index contributed by atoms with van der Waals surface area (Å²) in [5.74, 6) is -5.10. The van der Waals surface area contributed by atoms with Gasteiger partial charge in [-0.25, -0.2) is 9.59 Å². The van der Waals surface area contributed by atoms with Crippen molar-refractivity contribution in [1.82, 2.24) is 0 Å². The highest BCUT2D eigenvalue weighted by Gasteiger charge is 2.65. The van der Waals surface area contributed by atoms with Crippen LogP contribution in [0, 0.1) is 27.9 Å². The second-order valence-corrected chi connectivity index (χ2v) is 5.75. The Labute approximate surface area is 122 Å². The van der Waals surface area contributed by atoms with E-state index in [9.17, 15) is 29.9 Å². The molecule has 0 aromatic heterocycles. The van der Waals surface area contributed by atoms with Crippen molar-refractivity contribution >= 4 is 11.9 Å². The van der Waals surface area contributed by atoms with Gasteiger partial charge in [0.25, 0.3) is 0 Å². The van der Waals surface area contributed by atoms with Crippen molar-refractivity contribution in [1.29, 1.82) is 0 Å². The van der Waals surface area contributed by atoms with Gasteiger partial charge in [-0.2, -0.15) is 0 Å². The predicted molar refractivity (Wildman–Crippen MR) is 74.3 cm³/mol. The van der Waals surface area contributed by atoms with E-state index in [1.807, 2.05) is 0 Å². The van der Waals surface area contributed by atoms with Gasteiger partial charge >= 0.3 is 17.5 Å². The molecule has 1 aliphatic carbocycles. The third-order valence-corrected chi connectivity index (χ3v) is 3.82. The molecule has 0 aromatic carbocycles. The van der Waals surface area contributed by atoms with Crippen LogP contribution in [-0.2, 0) is 9.59 Å². The lowest BCUT2D eigenvalue weighted by Crippen LogP contribution is -2.58. The number of carboxylic acid groups (broad SMARTS) is 2. The summed E-state index contributed by atoms with van der Waals surface area (Å²) in [5, 5.41) is 30.5. The third-order valence-electron chi connectivity index (χ3n) is 3.82. The maximum Gasteiger partial charge on any atom is 0.387 e. The summed E-state index contributed by atoms with van der Waals surface area (Å²) in [6.07, 6.45) is 2.55. The summed E-state index contributed by atoms with van der Waals surface area (Å²) < 4.78 is 0. The molecule has 0 radical (unpaired) electrons. The third kappa shape index (κ3) is 2.43. The average Bonchev–Trinajstić information content (AvgIpc) is 2.35. The van der Waals surface area contributed by atoms with Crippen molar-refractivity contribution in [2.24, 2.45) is 17.8 Å². The molecule has 0 saturated heterocycles. The molecule has 0 bridgehead atoms. The molecule has 2 unspecified atom stereocenters. The molecule has 2 atom stereocenters. The Hall–Kier alpha value is -2.18. The van der Waals surface area contributed by atoms with Crippen LogP contribution in [0.2, 0.25) is 0 Å². The first-order valence-corrected chi connectivity index (χ1v) is 6.61. The standard InChI is InChI=1S/C14H19NO6/c1-7(2)10-6-5-9(12(16)17)11(8(3)4)14(10,13(18)19)15(20)21/h5-8,11H,1-4H3,(H,16,17)(H,18,19). The topological polar surface area (TPSA) is 118 Å². The first-order valence-electron chi connectivity index (χ1n) is 6.61. The molecule has 21 heavy (non-hydrogen) atoms. The number of nitro groups is 1. The van der Waals surface area contributed by atoms with Crippen molar-refractivity contribution in [2.75, 3.05) is 0 Å². The Morgan fingerprint density at radius 3 is 2.05 bits per heavy atom. The van der Waals surface area contributed by atoms with Gasteiger partial charge in [-0.1, -0.05) is 39.8 Å². The maximum atomic E-state index is 11.8. The fourth-order valence-corrected chi connectivity index (χ4v) is 3.05. The molecule has 116 valence electrons. The first-order chi connectivity index (χ1) is 9.58. The van der Waals surface area contributed by atoms with Gasteiger partial charge in [-0.15, -0.1) is 0 Å². The largest absolute Gasteiger partial charge is 0.478 e. The molecule has 0 aliphatic heterocycles. The van der Waals surface area contributed by atoms with Crippen LogP contribution in [0.5, 0.6) is 0 Å². The normalized spacial score (nSPS) is 25.5. The lowest BCUT2D eigenvalue weighted by Gasteiger charge is -2.37. The second kappa shape index (κ2) is 5.67. The van der Waals surface area contributed by atoms with E-state index in [0.717, 1.165) is 0 Å². The van der Waals surface area contributed by atoms with Crippen LogP contribution < -0.4 is 0 Å². The number of nitrogens with zero attached hydrogens (tertiary/aromatic N) is 1. The molecule has 7 nitrogen and oxygen atoms in total. The lowest BCUT2D eigenvalue weighted by molar-refractivity contribution is -0.555. The minimum atomic E-state index is -2.44. The summed E-state index contributed by atoms with van der Waals surface area (Å²) in [7, 11) is 0. The van der Waals surface area contributed by atoms with E-state index in [0.29, 0.717) is 0 Å². The molecule has 0 fully saturated rings. The van der Waals surface area contributed by atoms with E-state index in [1.54, 1.807) is 27.7 Å². The number of carboxylic acids is 2. The minimum absolute atomic E-state index is 0.115.